The third-order valence-corrected chi connectivity index (χ3v) is 6.08. The van der Waals surface area contributed by atoms with Gasteiger partial charge in [-0.15, -0.1) is 0 Å². The van der Waals surface area contributed by atoms with Crippen LogP contribution in [-0.2, 0) is 21.4 Å². The predicted molar refractivity (Wildman–Crippen MR) is 104 cm³/mol. The number of carboxylic acids is 2. The smallest absolute Gasteiger partial charge is 0.314 e. The number of halogens is 1. The van der Waals surface area contributed by atoms with Crippen molar-refractivity contribution in [3.05, 3.63) is 82.4 Å². The third kappa shape index (κ3) is 3.26. The van der Waals surface area contributed by atoms with Crippen LogP contribution < -0.4 is 0 Å². The summed E-state index contributed by atoms with van der Waals surface area (Å²) in [6, 6.07) is 16.0. The van der Waals surface area contributed by atoms with E-state index >= 15 is 0 Å². The van der Waals surface area contributed by atoms with E-state index in [0.29, 0.717) is 21.7 Å². The fourth-order valence-electron chi connectivity index (χ4n) is 4.00. The van der Waals surface area contributed by atoms with E-state index in [2.05, 4.69) is 0 Å². The Morgan fingerprint density at radius 1 is 1.00 bits per heavy atom. The maximum absolute atomic E-state index is 12.5. The van der Waals surface area contributed by atoms with Gasteiger partial charge in [-0.05, 0) is 43.4 Å². The minimum atomic E-state index is -1.34. The van der Waals surface area contributed by atoms with Gasteiger partial charge in [0.25, 0.3) is 0 Å². The molecule has 1 aliphatic rings. The Morgan fingerprint density at radius 3 is 2.22 bits per heavy atom. The molecule has 0 aliphatic heterocycles. The molecule has 2 aromatic carbocycles. The second kappa shape index (κ2) is 7.20. The zero-order valence-corrected chi connectivity index (χ0v) is 15.7. The molecular formula is C22H21ClO4. The molecule has 2 aromatic rings. The lowest BCUT2D eigenvalue weighted by Gasteiger charge is -2.43. The number of rotatable bonds is 5. The lowest BCUT2D eigenvalue weighted by molar-refractivity contribution is -0.152. The largest absolute Gasteiger partial charge is 0.481 e. The van der Waals surface area contributed by atoms with Gasteiger partial charge in [0.2, 0.25) is 0 Å². The van der Waals surface area contributed by atoms with Gasteiger partial charge in [-0.25, -0.2) is 0 Å². The molecule has 0 fully saturated rings. The number of hydrogen-bond donors (Lipinski definition) is 2. The van der Waals surface area contributed by atoms with E-state index in [4.69, 9.17) is 11.6 Å². The number of carboxylic acid groups (broad SMARTS) is 2. The van der Waals surface area contributed by atoms with Crippen molar-refractivity contribution in [2.75, 3.05) is 0 Å². The minimum absolute atomic E-state index is 0.0256. The van der Waals surface area contributed by atoms with Crippen molar-refractivity contribution in [1.82, 2.24) is 0 Å². The van der Waals surface area contributed by atoms with Gasteiger partial charge in [-0.1, -0.05) is 71.8 Å². The molecule has 140 valence electrons. The lowest BCUT2D eigenvalue weighted by Crippen LogP contribution is -2.49. The summed E-state index contributed by atoms with van der Waals surface area (Å²) in [4.78, 5) is 24.8. The summed E-state index contributed by atoms with van der Waals surface area (Å²) in [6.45, 7) is 1.77. The Kier molecular flexibility index (Phi) is 5.11. The van der Waals surface area contributed by atoms with Gasteiger partial charge in [-0.3, -0.25) is 9.59 Å². The molecule has 2 N–H and O–H groups in total. The maximum Gasteiger partial charge on any atom is 0.314 e. The van der Waals surface area contributed by atoms with Crippen LogP contribution in [0, 0.1) is 5.41 Å². The van der Waals surface area contributed by atoms with Crippen molar-refractivity contribution >= 4 is 23.5 Å². The van der Waals surface area contributed by atoms with Crippen molar-refractivity contribution in [3.8, 4) is 0 Å². The predicted octanol–water partition coefficient (Wildman–Crippen LogP) is 4.72. The monoisotopic (exact) mass is 384 g/mol. The first-order valence-electron chi connectivity index (χ1n) is 8.75. The van der Waals surface area contributed by atoms with Crippen molar-refractivity contribution in [2.45, 2.75) is 31.6 Å². The van der Waals surface area contributed by atoms with Crippen LogP contribution in [0.3, 0.4) is 0 Å². The molecule has 0 heterocycles. The summed E-state index contributed by atoms with van der Waals surface area (Å²) in [5.74, 6) is -2.04. The van der Waals surface area contributed by atoms with Gasteiger partial charge in [-0.2, -0.15) is 0 Å². The highest BCUT2D eigenvalue weighted by Gasteiger charge is 2.54. The van der Waals surface area contributed by atoms with Crippen molar-refractivity contribution < 1.29 is 19.8 Å². The number of carbonyl (C=O) groups is 2. The summed E-state index contributed by atoms with van der Waals surface area (Å²) in [5.41, 5.74) is -0.643. The summed E-state index contributed by atoms with van der Waals surface area (Å²) in [7, 11) is 0. The Bertz CT molecular complexity index is 906. The molecule has 4 nitrogen and oxygen atoms in total. The van der Waals surface area contributed by atoms with Crippen LogP contribution in [-0.4, -0.2) is 22.2 Å². The maximum atomic E-state index is 12.5. The van der Waals surface area contributed by atoms with Crippen LogP contribution >= 0.6 is 11.6 Å². The van der Waals surface area contributed by atoms with Crippen LogP contribution in [0.1, 0.15) is 30.9 Å². The van der Waals surface area contributed by atoms with E-state index in [9.17, 15) is 19.8 Å². The molecule has 0 saturated carbocycles. The van der Waals surface area contributed by atoms with E-state index in [1.54, 1.807) is 61.5 Å². The van der Waals surface area contributed by atoms with Crippen LogP contribution in [0.4, 0.5) is 0 Å². The zero-order chi connectivity index (χ0) is 19.7. The first kappa shape index (κ1) is 19.2. The molecule has 0 aromatic heterocycles. The average molecular weight is 385 g/mol. The highest BCUT2D eigenvalue weighted by atomic mass is 35.5. The summed E-state index contributed by atoms with van der Waals surface area (Å²) >= 11 is 6.28. The van der Waals surface area contributed by atoms with Crippen molar-refractivity contribution in [1.29, 1.82) is 0 Å². The lowest BCUT2D eigenvalue weighted by atomic mass is 9.58. The molecule has 5 heteroatoms. The number of hydrogen-bond acceptors (Lipinski definition) is 2. The van der Waals surface area contributed by atoms with Crippen molar-refractivity contribution in [2.24, 2.45) is 5.41 Å². The quantitative estimate of drug-likeness (QED) is 0.731. The molecule has 0 saturated heterocycles. The second-order valence-corrected chi connectivity index (χ2v) is 7.58. The van der Waals surface area contributed by atoms with Gasteiger partial charge >= 0.3 is 11.9 Å². The zero-order valence-electron chi connectivity index (χ0n) is 15.0. The normalized spacial score (nSPS) is 24.9. The second-order valence-electron chi connectivity index (χ2n) is 7.18. The van der Waals surface area contributed by atoms with Crippen LogP contribution in [0.2, 0.25) is 5.02 Å². The SMILES string of the molecule is CC1=CCC(C(=O)O)(c2ccccc2)CC1(Cc1ccccc1Cl)C(=O)O. The first-order chi connectivity index (χ1) is 12.8. The van der Waals surface area contributed by atoms with E-state index in [-0.39, 0.29) is 19.3 Å². The molecular weight excluding hydrogens is 364 g/mol. The number of aliphatic carboxylic acids is 2. The summed E-state index contributed by atoms with van der Waals surface area (Å²) in [6.07, 6.45) is 2.14. The highest BCUT2D eigenvalue weighted by Crippen LogP contribution is 2.50. The molecule has 27 heavy (non-hydrogen) atoms. The Balaban J connectivity index is 2.15. The van der Waals surface area contributed by atoms with Gasteiger partial charge in [0.15, 0.2) is 0 Å². The van der Waals surface area contributed by atoms with Gasteiger partial charge in [0.05, 0.1) is 10.8 Å². The number of benzene rings is 2. The molecule has 0 spiro atoms. The van der Waals surface area contributed by atoms with Gasteiger partial charge < -0.3 is 10.2 Å². The van der Waals surface area contributed by atoms with Crippen molar-refractivity contribution in [3.63, 3.8) is 0 Å². The Hall–Kier alpha value is -2.59. The summed E-state index contributed by atoms with van der Waals surface area (Å²) < 4.78 is 0. The average Bonchev–Trinajstić information content (AvgIpc) is 2.66. The van der Waals surface area contributed by atoms with E-state index < -0.39 is 22.8 Å². The highest BCUT2D eigenvalue weighted by molar-refractivity contribution is 6.31. The van der Waals surface area contributed by atoms with Gasteiger partial charge in [0.1, 0.15) is 0 Å². The molecule has 3 rings (SSSR count). The van der Waals surface area contributed by atoms with E-state index in [1.165, 1.54) is 0 Å². The molecule has 2 atom stereocenters. The standard InChI is InChI=1S/C22H21ClO4/c1-15-11-12-21(19(24)25,17-8-3-2-4-9-17)14-22(15,20(26)27)13-16-7-5-6-10-18(16)23/h2-11H,12-14H2,1H3,(H,24,25)(H,26,27). The summed E-state index contributed by atoms with van der Waals surface area (Å²) in [5, 5.41) is 20.8. The third-order valence-electron chi connectivity index (χ3n) is 5.71. The molecule has 0 bridgehead atoms. The van der Waals surface area contributed by atoms with Crippen LogP contribution in [0.25, 0.3) is 0 Å². The molecule has 0 radical (unpaired) electrons. The fraction of sp³-hybridized carbons (Fsp3) is 0.273. The first-order valence-corrected chi connectivity index (χ1v) is 9.13. The molecule has 2 unspecified atom stereocenters. The fourth-order valence-corrected chi connectivity index (χ4v) is 4.20. The number of allylic oxidation sites excluding steroid dienone is 1. The molecule has 0 amide bonds. The van der Waals surface area contributed by atoms with Crippen LogP contribution in [0.15, 0.2) is 66.2 Å². The Morgan fingerprint density at radius 2 is 1.63 bits per heavy atom. The van der Waals surface area contributed by atoms with Gasteiger partial charge in [0, 0.05) is 5.02 Å². The molecule has 1 aliphatic carbocycles. The van der Waals surface area contributed by atoms with E-state index in [0.717, 1.165) is 0 Å². The topological polar surface area (TPSA) is 74.6 Å². The Labute approximate surface area is 163 Å². The van der Waals surface area contributed by atoms with Crippen LogP contribution in [0.5, 0.6) is 0 Å². The van der Waals surface area contributed by atoms with E-state index in [1.807, 2.05) is 6.07 Å². The minimum Gasteiger partial charge on any atom is -0.481 e.